The van der Waals surface area contributed by atoms with E-state index in [9.17, 15) is 4.79 Å². The van der Waals surface area contributed by atoms with Crippen LogP contribution in [0.2, 0.25) is 0 Å². The Morgan fingerprint density at radius 2 is 1.45 bits per heavy atom. The number of ketones is 1. The van der Waals surface area contributed by atoms with Gasteiger partial charge in [0, 0.05) is 17.7 Å². The molecule has 1 heterocycles. The largest absolute Gasteiger partial charge is 0.282 e. The van der Waals surface area contributed by atoms with Crippen LogP contribution in [0, 0.1) is 10.2 Å². The van der Waals surface area contributed by atoms with Crippen molar-refractivity contribution in [2.24, 2.45) is 0 Å². The van der Waals surface area contributed by atoms with E-state index in [2.05, 4.69) is 0 Å². The van der Waals surface area contributed by atoms with Gasteiger partial charge in [-0.3, -0.25) is 4.79 Å². The normalized spacial score (nSPS) is 10.4. The molecule has 0 saturated carbocycles. The Balaban J connectivity index is 0.000000347. The maximum Gasteiger partial charge on any atom is 0.282 e. The fraction of sp³-hybridized carbons (Fsp3) is 0. The van der Waals surface area contributed by atoms with Crippen LogP contribution >= 0.6 is 0 Å². The van der Waals surface area contributed by atoms with E-state index in [0.29, 0.717) is 11.3 Å². The molecule has 0 amide bonds. The summed E-state index contributed by atoms with van der Waals surface area (Å²) < 4.78 is 35.3. The first kappa shape index (κ1) is 16.0. The molecular weight excluding hydrogens is 288 g/mol. The van der Waals surface area contributed by atoms with Crippen LogP contribution < -0.4 is 29.2 Å². The first-order valence-corrected chi connectivity index (χ1v) is 6.50. The zero-order valence-corrected chi connectivity index (χ0v) is 10.9. The standard InChI is InChI=1S/C12H10N2O.ClHO4/c13-14-9-5-4-8-11(14)12(15)10-6-2-1-3-7-10;2-1(3,4)5/h1-9H,(H-,13,15);(H,2,3,4,5). The lowest BCUT2D eigenvalue weighted by Crippen LogP contribution is -2.68. The number of hydrogen-bond donors (Lipinski definition) is 1. The fourth-order valence-corrected chi connectivity index (χ4v) is 1.39. The van der Waals surface area contributed by atoms with E-state index < -0.39 is 10.2 Å². The van der Waals surface area contributed by atoms with E-state index in [1.165, 1.54) is 4.68 Å². The molecule has 0 atom stereocenters. The van der Waals surface area contributed by atoms with E-state index in [1.807, 2.05) is 18.2 Å². The molecule has 0 saturated heterocycles. The van der Waals surface area contributed by atoms with E-state index in [-0.39, 0.29) is 5.78 Å². The summed E-state index contributed by atoms with van der Waals surface area (Å²) in [6.45, 7) is 0. The number of nitrogen functional groups attached to an aromatic ring is 1. The first-order valence-electron chi connectivity index (χ1n) is 5.26. The SMILES string of the molecule is N[n+]1ccccc1C(=O)c1ccccc1.[O-][Cl+3]([O-])([O-])[O-]. The molecule has 0 aliphatic heterocycles. The Labute approximate surface area is 116 Å². The quantitative estimate of drug-likeness (QED) is 0.342. The molecule has 0 aliphatic carbocycles. The number of carbonyl (C=O) groups is 1. The molecule has 0 fully saturated rings. The van der Waals surface area contributed by atoms with E-state index in [1.54, 1.807) is 36.5 Å². The summed E-state index contributed by atoms with van der Waals surface area (Å²) in [5.74, 6) is 5.58. The minimum atomic E-state index is -4.94. The molecule has 7 nitrogen and oxygen atoms in total. The molecule has 1 aromatic heterocycles. The van der Waals surface area contributed by atoms with Crippen LogP contribution in [0.15, 0.2) is 54.7 Å². The second-order valence-electron chi connectivity index (χ2n) is 3.57. The number of pyridine rings is 1. The predicted molar refractivity (Wildman–Crippen MR) is 56.7 cm³/mol. The second-order valence-corrected chi connectivity index (χ2v) is 4.32. The zero-order valence-electron chi connectivity index (χ0n) is 10.1. The Morgan fingerprint density at radius 1 is 0.950 bits per heavy atom. The van der Waals surface area contributed by atoms with Crippen LogP contribution in [-0.4, -0.2) is 5.78 Å². The van der Waals surface area contributed by atoms with Gasteiger partial charge in [0.1, 0.15) is 0 Å². The number of nitrogens with zero attached hydrogens (tertiary/aromatic N) is 1. The van der Waals surface area contributed by atoms with Gasteiger partial charge in [-0.1, -0.05) is 35.0 Å². The molecule has 0 unspecified atom stereocenters. The Kier molecular flexibility index (Phi) is 5.56. The van der Waals surface area contributed by atoms with Gasteiger partial charge < -0.3 is 0 Å². The molecule has 2 aromatic rings. The predicted octanol–water partition coefficient (Wildman–Crippen LogP) is -3.84. The van der Waals surface area contributed by atoms with Crippen LogP contribution in [0.4, 0.5) is 0 Å². The van der Waals surface area contributed by atoms with Gasteiger partial charge in [-0.2, -0.15) is 0 Å². The molecule has 0 bridgehead atoms. The Hall–Kier alpha value is -2.03. The highest BCUT2D eigenvalue weighted by Crippen LogP contribution is 2.04. The summed E-state index contributed by atoms with van der Waals surface area (Å²) in [7, 11) is -4.94. The van der Waals surface area contributed by atoms with Crippen molar-refractivity contribution in [1.82, 2.24) is 0 Å². The highest BCUT2D eigenvalue weighted by atomic mass is 35.7. The number of benzene rings is 1. The lowest BCUT2D eigenvalue weighted by Gasteiger charge is -2.17. The van der Waals surface area contributed by atoms with Crippen molar-refractivity contribution in [1.29, 1.82) is 0 Å². The molecule has 106 valence electrons. The van der Waals surface area contributed by atoms with Crippen molar-refractivity contribution >= 4 is 5.78 Å². The van der Waals surface area contributed by atoms with Crippen LogP contribution in [0.5, 0.6) is 0 Å². The smallest absolute Gasteiger partial charge is 0.282 e. The van der Waals surface area contributed by atoms with Crippen LogP contribution in [0.1, 0.15) is 16.1 Å². The van der Waals surface area contributed by atoms with E-state index >= 15 is 0 Å². The van der Waals surface area contributed by atoms with Gasteiger partial charge in [-0.15, -0.1) is 10.2 Å². The number of aromatic nitrogens is 1. The molecule has 1 aromatic carbocycles. The minimum Gasteiger partial charge on any atom is -0.282 e. The van der Waals surface area contributed by atoms with Crippen molar-refractivity contribution in [3.63, 3.8) is 0 Å². The van der Waals surface area contributed by atoms with Crippen molar-refractivity contribution in [2.75, 3.05) is 5.84 Å². The molecule has 8 heteroatoms. The second kappa shape index (κ2) is 6.94. The Morgan fingerprint density at radius 3 is 1.95 bits per heavy atom. The molecule has 0 spiro atoms. The average molecular weight is 299 g/mol. The third-order valence-corrected chi connectivity index (χ3v) is 2.16. The highest BCUT2D eigenvalue weighted by Gasteiger charge is 2.18. The molecule has 0 radical (unpaired) electrons. The number of hydrogen-bond acceptors (Lipinski definition) is 6. The molecule has 2 N–H and O–H groups in total. The average Bonchev–Trinajstić information content (AvgIpc) is 2.38. The first-order chi connectivity index (χ1) is 9.29. The van der Waals surface area contributed by atoms with Gasteiger partial charge in [0.2, 0.25) is 0 Å². The van der Waals surface area contributed by atoms with Crippen molar-refractivity contribution in [3.05, 3.63) is 66.0 Å². The van der Waals surface area contributed by atoms with Gasteiger partial charge in [-0.05, 0) is 6.07 Å². The van der Waals surface area contributed by atoms with Crippen LogP contribution in [-0.2, 0) is 0 Å². The molecule has 20 heavy (non-hydrogen) atoms. The van der Waals surface area contributed by atoms with Crippen molar-refractivity contribution in [3.8, 4) is 0 Å². The molecule has 2 rings (SSSR count). The van der Waals surface area contributed by atoms with Gasteiger partial charge in [-0.25, -0.2) is 24.5 Å². The van der Waals surface area contributed by atoms with Gasteiger partial charge in [0.15, 0.2) is 6.20 Å². The van der Waals surface area contributed by atoms with Gasteiger partial charge >= 0.3 is 0 Å². The topological polar surface area (TPSA) is 139 Å². The van der Waals surface area contributed by atoms with Crippen molar-refractivity contribution < 1.29 is 38.3 Å². The number of carbonyl (C=O) groups excluding carboxylic acids is 1. The number of halogens is 1. The summed E-state index contributed by atoms with van der Waals surface area (Å²) in [6.07, 6.45) is 1.65. The molecule has 0 aliphatic rings. The summed E-state index contributed by atoms with van der Waals surface area (Å²) in [6, 6.07) is 14.4. The van der Waals surface area contributed by atoms with E-state index in [0.717, 1.165) is 0 Å². The number of rotatable bonds is 2. The fourth-order valence-electron chi connectivity index (χ4n) is 1.39. The minimum absolute atomic E-state index is 0.0706. The van der Waals surface area contributed by atoms with Crippen LogP contribution in [0.3, 0.4) is 0 Å². The zero-order chi connectivity index (χ0) is 15.2. The highest BCUT2D eigenvalue weighted by molar-refractivity contribution is 6.06. The third kappa shape index (κ3) is 5.74. The monoisotopic (exact) mass is 298 g/mol. The van der Waals surface area contributed by atoms with Gasteiger partial charge in [0.05, 0.1) is 0 Å². The number of nitrogens with two attached hydrogens (primary N) is 1. The lowest BCUT2D eigenvalue weighted by molar-refractivity contribution is -2.00. The molecular formula is C12H11ClN2O5. The van der Waals surface area contributed by atoms with Crippen LogP contribution in [0.25, 0.3) is 0 Å². The summed E-state index contributed by atoms with van der Waals surface area (Å²) >= 11 is 0. The Bertz CT molecular complexity index is 566. The van der Waals surface area contributed by atoms with Gasteiger partial charge in [0.25, 0.3) is 11.5 Å². The summed E-state index contributed by atoms with van der Waals surface area (Å²) in [5.41, 5.74) is 1.12. The summed E-state index contributed by atoms with van der Waals surface area (Å²) in [4.78, 5) is 12.0. The lowest BCUT2D eigenvalue weighted by atomic mass is 10.1. The third-order valence-electron chi connectivity index (χ3n) is 2.16. The van der Waals surface area contributed by atoms with E-state index in [4.69, 9.17) is 24.5 Å². The van der Waals surface area contributed by atoms with Crippen molar-refractivity contribution in [2.45, 2.75) is 0 Å². The maximum absolute atomic E-state index is 12.0. The summed E-state index contributed by atoms with van der Waals surface area (Å²) in [5, 5.41) is 0. The maximum atomic E-state index is 12.0.